The van der Waals surface area contributed by atoms with Crippen LogP contribution in [-0.2, 0) is 22.2 Å². The Labute approximate surface area is 229 Å². The monoisotopic (exact) mass is 562 g/mol. The average molecular weight is 563 g/mol. The fraction of sp³-hybridized carbons (Fsp3) is 0.571. The Kier molecular flexibility index (Phi) is 20.4. The van der Waals surface area contributed by atoms with Gasteiger partial charge in [-0.3, -0.25) is 9.59 Å². The molecule has 38 heavy (non-hydrogen) atoms. The smallest absolute Gasteiger partial charge is 0.380 e. The van der Waals surface area contributed by atoms with E-state index in [4.69, 9.17) is 0 Å². The Bertz CT molecular complexity index is 875. The second kappa shape index (κ2) is 20.5. The van der Waals surface area contributed by atoms with Crippen LogP contribution in [0.1, 0.15) is 83.9 Å². The number of nitrogens with one attached hydrogen (secondary N) is 1. The topological polar surface area (TPSA) is 89.9 Å². The molecule has 2 amide bonds. The number of amides is 2. The van der Waals surface area contributed by atoms with Crippen LogP contribution in [0.4, 0.5) is 13.2 Å². The van der Waals surface area contributed by atoms with Crippen LogP contribution in [0.3, 0.4) is 0 Å². The summed E-state index contributed by atoms with van der Waals surface area (Å²) >= 11 is 1.52. The number of halogens is 3. The van der Waals surface area contributed by atoms with E-state index in [9.17, 15) is 33.0 Å². The van der Waals surface area contributed by atoms with Crippen LogP contribution in [0.25, 0.3) is 0 Å². The number of carbonyl (C=O) groups is 2. The number of carbonyl (C=O) groups excluding carboxylic acids is 2. The van der Waals surface area contributed by atoms with Crippen molar-refractivity contribution in [3.8, 4) is 0 Å². The maximum atomic E-state index is 12.8. The van der Waals surface area contributed by atoms with E-state index in [-0.39, 0.29) is 13.1 Å². The fourth-order valence-corrected chi connectivity index (χ4v) is 3.89. The van der Waals surface area contributed by atoms with Gasteiger partial charge in [-0.2, -0.15) is 13.2 Å². The van der Waals surface area contributed by atoms with Gasteiger partial charge in [-0.15, -0.1) is 11.3 Å². The highest BCUT2D eigenvalue weighted by atomic mass is 32.1. The van der Waals surface area contributed by atoms with Gasteiger partial charge in [-0.1, -0.05) is 66.7 Å². The molecule has 0 aliphatic carbocycles. The van der Waals surface area contributed by atoms with Crippen molar-refractivity contribution in [1.29, 1.82) is 0 Å². The predicted octanol–water partition coefficient (Wildman–Crippen LogP) is 6.23. The molecule has 1 heterocycles. The Balaban J connectivity index is 0. The highest BCUT2D eigenvalue weighted by Crippen LogP contribution is 2.31. The number of aliphatic hydroxyl groups is 2. The van der Waals surface area contributed by atoms with Crippen molar-refractivity contribution in [2.45, 2.75) is 92.7 Å². The maximum Gasteiger partial charge on any atom is 0.416 e. The second-order valence-electron chi connectivity index (χ2n) is 7.34. The zero-order valence-electron chi connectivity index (χ0n) is 23.8. The molecule has 1 aromatic carbocycles. The lowest BCUT2D eigenvalue weighted by molar-refractivity contribution is -0.154. The van der Waals surface area contributed by atoms with Crippen LogP contribution < -0.4 is 5.32 Å². The Hall–Kier alpha value is -2.43. The molecule has 10 heteroatoms. The molecule has 218 valence electrons. The van der Waals surface area contributed by atoms with Crippen LogP contribution in [0.15, 0.2) is 41.8 Å². The third-order valence-electron chi connectivity index (χ3n) is 5.01. The van der Waals surface area contributed by atoms with E-state index in [0.29, 0.717) is 18.4 Å². The van der Waals surface area contributed by atoms with Gasteiger partial charge in [0.15, 0.2) is 12.2 Å². The van der Waals surface area contributed by atoms with Gasteiger partial charge in [-0.25, -0.2) is 0 Å². The lowest BCUT2D eigenvalue weighted by atomic mass is 10.0. The van der Waals surface area contributed by atoms with Gasteiger partial charge in [-0.05, 0) is 48.9 Å². The minimum Gasteiger partial charge on any atom is -0.380 e. The molecule has 0 saturated heterocycles. The molecule has 3 N–H and O–H groups in total. The molecular formula is C28H45F3N2O4S. The van der Waals surface area contributed by atoms with E-state index >= 15 is 0 Å². The van der Waals surface area contributed by atoms with Crippen molar-refractivity contribution >= 4 is 23.2 Å². The molecule has 2 rings (SSSR count). The lowest BCUT2D eigenvalue weighted by Gasteiger charge is -2.32. The highest BCUT2D eigenvalue weighted by molar-refractivity contribution is 7.09. The molecule has 0 saturated carbocycles. The molecule has 6 nitrogen and oxygen atoms in total. The maximum absolute atomic E-state index is 12.8. The number of hydrogen-bond acceptors (Lipinski definition) is 5. The van der Waals surface area contributed by atoms with Crippen molar-refractivity contribution < 1.29 is 33.0 Å². The van der Waals surface area contributed by atoms with Crippen LogP contribution in [-0.4, -0.2) is 52.2 Å². The number of rotatable bonds is 10. The van der Waals surface area contributed by atoms with Gasteiger partial charge in [0.05, 0.1) is 11.6 Å². The minimum absolute atomic E-state index is 0.185. The average Bonchev–Trinajstić information content (AvgIpc) is 3.46. The van der Waals surface area contributed by atoms with E-state index < -0.39 is 41.8 Å². The molecule has 3 unspecified atom stereocenters. The largest absolute Gasteiger partial charge is 0.416 e. The summed E-state index contributed by atoms with van der Waals surface area (Å²) in [6.45, 7) is 15.8. The molecule has 0 bridgehead atoms. The number of alkyl halides is 3. The number of nitrogens with zero attached hydrogens (tertiary/aromatic N) is 1. The van der Waals surface area contributed by atoms with E-state index in [1.54, 1.807) is 13.8 Å². The number of benzene rings is 1. The molecule has 0 aliphatic heterocycles. The summed E-state index contributed by atoms with van der Waals surface area (Å²) < 4.78 is 38.4. The van der Waals surface area contributed by atoms with Crippen LogP contribution in [0.2, 0.25) is 0 Å². The Morgan fingerprint density at radius 1 is 0.974 bits per heavy atom. The Morgan fingerprint density at radius 2 is 1.53 bits per heavy atom. The van der Waals surface area contributed by atoms with Crippen molar-refractivity contribution in [2.75, 3.05) is 13.1 Å². The SMILES string of the molecule is CC.CC.CC.CCCN(C(=O)C(O)C(O)C(=O)NCCc1cccs1)C(C)c1ccc(C(F)(F)F)cc1. The zero-order chi connectivity index (χ0) is 29.9. The van der Waals surface area contributed by atoms with Crippen LogP contribution in [0.5, 0.6) is 0 Å². The van der Waals surface area contributed by atoms with Gasteiger partial charge >= 0.3 is 6.18 Å². The number of hydrogen-bond donors (Lipinski definition) is 3. The summed E-state index contributed by atoms with van der Waals surface area (Å²) in [4.78, 5) is 27.3. The molecule has 0 radical (unpaired) electrons. The summed E-state index contributed by atoms with van der Waals surface area (Å²) in [6.07, 6.45) is -7.39. The van der Waals surface area contributed by atoms with E-state index in [1.165, 1.54) is 28.4 Å². The van der Waals surface area contributed by atoms with Crippen molar-refractivity contribution in [3.63, 3.8) is 0 Å². The van der Waals surface area contributed by atoms with Crippen LogP contribution >= 0.6 is 11.3 Å². The first-order valence-electron chi connectivity index (χ1n) is 13.2. The van der Waals surface area contributed by atoms with Gasteiger partial charge in [0.25, 0.3) is 11.8 Å². The highest BCUT2D eigenvalue weighted by Gasteiger charge is 2.35. The third-order valence-corrected chi connectivity index (χ3v) is 5.94. The molecule has 3 atom stereocenters. The normalized spacial score (nSPS) is 12.7. The van der Waals surface area contributed by atoms with Crippen LogP contribution in [0, 0.1) is 0 Å². The zero-order valence-corrected chi connectivity index (χ0v) is 24.6. The first-order chi connectivity index (χ1) is 18.1. The van der Waals surface area contributed by atoms with Gasteiger partial charge in [0.2, 0.25) is 0 Å². The van der Waals surface area contributed by atoms with E-state index in [0.717, 1.165) is 17.0 Å². The van der Waals surface area contributed by atoms with Crippen molar-refractivity contribution in [3.05, 3.63) is 57.8 Å². The molecule has 2 aromatic rings. The standard InChI is InChI=1S/C22H27F3N2O4S.3C2H6/c1-3-12-27(14(2)15-6-8-16(9-7-15)22(23,24)25)21(31)19(29)18(28)20(30)26-11-10-17-5-4-13-32-17;3*1-2/h4-9,13-14,18-19,28-29H,3,10-12H2,1-2H3,(H,26,30);3*1-2H3. The first kappa shape index (κ1) is 37.7. The van der Waals surface area contributed by atoms with Crippen molar-refractivity contribution in [2.24, 2.45) is 0 Å². The van der Waals surface area contributed by atoms with E-state index in [1.807, 2.05) is 59.1 Å². The summed E-state index contributed by atoms with van der Waals surface area (Å²) in [6, 6.07) is 7.48. The van der Waals surface area contributed by atoms with Gasteiger partial charge < -0.3 is 20.4 Å². The summed E-state index contributed by atoms with van der Waals surface area (Å²) in [5.74, 6) is -1.75. The Morgan fingerprint density at radius 3 is 1.97 bits per heavy atom. The molecule has 1 aromatic heterocycles. The van der Waals surface area contributed by atoms with Gasteiger partial charge in [0, 0.05) is 18.0 Å². The number of aliphatic hydroxyl groups excluding tert-OH is 2. The van der Waals surface area contributed by atoms with Crippen molar-refractivity contribution in [1.82, 2.24) is 10.2 Å². The summed E-state index contributed by atoms with van der Waals surface area (Å²) in [5.41, 5.74) is -0.376. The third kappa shape index (κ3) is 12.4. The fourth-order valence-electron chi connectivity index (χ4n) is 3.18. The quantitative estimate of drug-likeness (QED) is 0.320. The minimum atomic E-state index is -4.47. The number of thiophene rings is 1. The molecule has 0 fully saturated rings. The molecule has 0 spiro atoms. The lowest BCUT2D eigenvalue weighted by Crippen LogP contribution is -2.51. The predicted molar refractivity (Wildman–Crippen MR) is 149 cm³/mol. The molecular weight excluding hydrogens is 517 g/mol. The molecule has 0 aliphatic rings. The van der Waals surface area contributed by atoms with Gasteiger partial charge in [0.1, 0.15) is 0 Å². The second-order valence-corrected chi connectivity index (χ2v) is 8.37. The summed E-state index contributed by atoms with van der Waals surface area (Å²) in [7, 11) is 0. The van der Waals surface area contributed by atoms with E-state index in [2.05, 4.69) is 5.32 Å². The first-order valence-corrected chi connectivity index (χ1v) is 14.1. The summed E-state index contributed by atoms with van der Waals surface area (Å²) in [5, 5.41) is 24.9.